The summed E-state index contributed by atoms with van der Waals surface area (Å²) in [7, 11) is 1.63. The van der Waals surface area contributed by atoms with E-state index < -0.39 is 0 Å². The average molecular weight is 274 g/mol. The first-order chi connectivity index (χ1) is 9.06. The molecule has 0 saturated carbocycles. The van der Waals surface area contributed by atoms with Crippen molar-refractivity contribution < 1.29 is 19.4 Å². The Bertz CT molecular complexity index is 265. The predicted molar refractivity (Wildman–Crippen MR) is 72.0 cm³/mol. The van der Waals surface area contributed by atoms with Crippen LogP contribution in [0.2, 0.25) is 0 Å². The van der Waals surface area contributed by atoms with E-state index in [1.54, 1.807) is 7.11 Å². The Hall–Kier alpha value is -0.690. The van der Waals surface area contributed by atoms with Gasteiger partial charge < -0.3 is 19.5 Å². The van der Waals surface area contributed by atoms with E-state index in [1.807, 2.05) is 23.6 Å². The highest BCUT2D eigenvalue weighted by Crippen LogP contribution is 2.11. The number of rotatable bonds is 7. The molecule has 1 aliphatic rings. The van der Waals surface area contributed by atoms with Gasteiger partial charge in [0.25, 0.3) is 0 Å². The van der Waals surface area contributed by atoms with Gasteiger partial charge in [-0.3, -0.25) is 9.69 Å². The highest BCUT2D eigenvalue weighted by molar-refractivity contribution is 5.78. The lowest BCUT2D eigenvalue weighted by Crippen LogP contribution is -2.51. The molecule has 1 N–H and O–H groups in total. The van der Waals surface area contributed by atoms with Crippen molar-refractivity contribution in [2.24, 2.45) is 0 Å². The number of morpholine rings is 1. The first-order valence-electron chi connectivity index (χ1n) is 6.82. The number of methoxy groups -OCH3 is 1. The summed E-state index contributed by atoms with van der Waals surface area (Å²) >= 11 is 0. The lowest BCUT2D eigenvalue weighted by Gasteiger charge is -2.36. The number of hydrogen-bond acceptors (Lipinski definition) is 5. The molecule has 6 heteroatoms. The largest absolute Gasteiger partial charge is 0.395 e. The van der Waals surface area contributed by atoms with Gasteiger partial charge in [-0.25, -0.2) is 0 Å². The molecule has 19 heavy (non-hydrogen) atoms. The van der Waals surface area contributed by atoms with Crippen LogP contribution in [0.1, 0.15) is 13.8 Å². The number of nitrogens with zero attached hydrogens (tertiary/aromatic N) is 2. The quantitative estimate of drug-likeness (QED) is 0.682. The molecule has 0 aromatic rings. The molecule has 0 radical (unpaired) electrons. The zero-order chi connectivity index (χ0) is 14.3. The molecule has 1 amide bonds. The second kappa shape index (κ2) is 8.47. The van der Waals surface area contributed by atoms with E-state index in [9.17, 15) is 4.79 Å². The van der Waals surface area contributed by atoms with Crippen LogP contribution in [0, 0.1) is 0 Å². The van der Waals surface area contributed by atoms with Gasteiger partial charge in [-0.15, -0.1) is 0 Å². The minimum atomic E-state index is 0.0485. The number of ether oxygens (including phenoxy) is 2. The van der Waals surface area contributed by atoms with Crippen molar-refractivity contribution in [2.45, 2.75) is 26.1 Å². The van der Waals surface area contributed by atoms with Crippen LogP contribution in [-0.4, -0.2) is 86.1 Å². The Morgan fingerprint density at radius 2 is 2.00 bits per heavy atom. The van der Waals surface area contributed by atoms with Crippen molar-refractivity contribution in [1.29, 1.82) is 0 Å². The van der Waals surface area contributed by atoms with Gasteiger partial charge in [-0.2, -0.15) is 0 Å². The molecule has 1 rings (SSSR count). The summed E-state index contributed by atoms with van der Waals surface area (Å²) in [4.78, 5) is 16.0. The van der Waals surface area contributed by atoms with Crippen LogP contribution in [-0.2, 0) is 14.3 Å². The molecule has 1 heterocycles. The fraction of sp³-hybridized carbons (Fsp3) is 0.923. The van der Waals surface area contributed by atoms with Crippen molar-refractivity contribution in [2.75, 3.05) is 53.0 Å². The molecule has 0 bridgehead atoms. The first kappa shape index (κ1) is 16.4. The minimum absolute atomic E-state index is 0.0485. The molecule has 1 aliphatic heterocycles. The lowest BCUT2D eigenvalue weighted by molar-refractivity contribution is -0.144. The average Bonchev–Trinajstić information content (AvgIpc) is 2.35. The molecule has 2 unspecified atom stereocenters. The third-order valence-electron chi connectivity index (χ3n) is 3.16. The van der Waals surface area contributed by atoms with Crippen molar-refractivity contribution in [3.8, 4) is 0 Å². The third-order valence-corrected chi connectivity index (χ3v) is 3.16. The van der Waals surface area contributed by atoms with Crippen LogP contribution in [0.5, 0.6) is 0 Å². The summed E-state index contributed by atoms with van der Waals surface area (Å²) in [6, 6.07) is 0. The van der Waals surface area contributed by atoms with Gasteiger partial charge in [-0.05, 0) is 13.8 Å². The lowest BCUT2D eigenvalue weighted by atomic mass is 10.2. The van der Waals surface area contributed by atoms with E-state index in [2.05, 4.69) is 0 Å². The maximum absolute atomic E-state index is 12.2. The van der Waals surface area contributed by atoms with Crippen LogP contribution < -0.4 is 0 Å². The Labute approximate surface area is 115 Å². The molecule has 0 aromatic heterocycles. The summed E-state index contributed by atoms with van der Waals surface area (Å²) in [5.41, 5.74) is 0. The van der Waals surface area contributed by atoms with Crippen LogP contribution in [0.3, 0.4) is 0 Å². The van der Waals surface area contributed by atoms with E-state index >= 15 is 0 Å². The fourth-order valence-electron chi connectivity index (χ4n) is 2.30. The van der Waals surface area contributed by atoms with Gasteiger partial charge in [-0.1, -0.05) is 0 Å². The first-order valence-corrected chi connectivity index (χ1v) is 6.82. The number of hydrogen-bond donors (Lipinski definition) is 1. The van der Waals surface area contributed by atoms with Crippen molar-refractivity contribution in [1.82, 2.24) is 9.80 Å². The molecule has 0 aliphatic carbocycles. The van der Waals surface area contributed by atoms with E-state index in [1.165, 1.54) is 0 Å². The number of aliphatic hydroxyl groups excluding tert-OH is 1. The Kier molecular flexibility index (Phi) is 7.30. The Morgan fingerprint density at radius 1 is 1.37 bits per heavy atom. The third kappa shape index (κ3) is 5.86. The zero-order valence-corrected chi connectivity index (χ0v) is 12.2. The molecular formula is C13H26N2O4. The number of amides is 1. The molecule has 112 valence electrons. The standard InChI is InChI=1S/C13H26N2O4/c1-11-8-15(9-12(2)19-11)13(17)10-14(4-6-16)5-7-18-3/h11-12,16H,4-10H2,1-3H3. The van der Waals surface area contributed by atoms with Gasteiger partial charge in [0.05, 0.1) is 32.0 Å². The smallest absolute Gasteiger partial charge is 0.236 e. The summed E-state index contributed by atoms with van der Waals surface area (Å²) in [6.07, 6.45) is 0.163. The summed E-state index contributed by atoms with van der Waals surface area (Å²) in [5.74, 6) is 0.0894. The van der Waals surface area contributed by atoms with Crippen LogP contribution in [0.25, 0.3) is 0 Å². The molecule has 0 aromatic carbocycles. The minimum Gasteiger partial charge on any atom is -0.395 e. The molecule has 6 nitrogen and oxygen atoms in total. The van der Waals surface area contributed by atoms with E-state index in [0.29, 0.717) is 39.3 Å². The van der Waals surface area contributed by atoms with Crippen molar-refractivity contribution in [3.63, 3.8) is 0 Å². The summed E-state index contributed by atoms with van der Waals surface area (Å²) in [5, 5.41) is 9.02. The monoisotopic (exact) mass is 274 g/mol. The summed E-state index contributed by atoms with van der Waals surface area (Å²) in [6.45, 7) is 7.31. The van der Waals surface area contributed by atoms with Gasteiger partial charge in [0, 0.05) is 33.3 Å². The fourth-order valence-corrected chi connectivity index (χ4v) is 2.30. The molecule has 1 saturated heterocycles. The maximum Gasteiger partial charge on any atom is 0.236 e. The zero-order valence-electron chi connectivity index (χ0n) is 12.2. The topological polar surface area (TPSA) is 62.2 Å². The van der Waals surface area contributed by atoms with Crippen molar-refractivity contribution in [3.05, 3.63) is 0 Å². The summed E-state index contributed by atoms with van der Waals surface area (Å²) < 4.78 is 10.6. The number of carbonyl (C=O) groups excluding carboxylic acids is 1. The molecular weight excluding hydrogens is 248 g/mol. The highest BCUT2D eigenvalue weighted by atomic mass is 16.5. The second-order valence-electron chi connectivity index (χ2n) is 5.05. The SMILES string of the molecule is COCCN(CCO)CC(=O)N1CC(C)OC(C)C1. The van der Waals surface area contributed by atoms with Crippen molar-refractivity contribution >= 4 is 5.91 Å². The molecule has 0 spiro atoms. The Balaban J connectivity index is 2.45. The molecule has 2 atom stereocenters. The van der Waals surface area contributed by atoms with E-state index in [0.717, 1.165) is 0 Å². The number of aliphatic hydroxyl groups is 1. The number of carbonyl (C=O) groups is 1. The second-order valence-corrected chi connectivity index (χ2v) is 5.05. The van der Waals surface area contributed by atoms with Crippen LogP contribution in [0.4, 0.5) is 0 Å². The highest BCUT2D eigenvalue weighted by Gasteiger charge is 2.26. The van der Waals surface area contributed by atoms with Gasteiger partial charge >= 0.3 is 0 Å². The van der Waals surface area contributed by atoms with Crippen LogP contribution >= 0.6 is 0 Å². The van der Waals surface area contributed by atoms with Gasteiger partial charge in [0.2, 0.25) is 5.91 Å². The molecule has 1 fully saturated rings. The van der Waals surface area contributed by atoms with Gasteiger partial charge in [0.1, 0.15) is 0 Å². The normalized spacial score (nSPS) is 23.9. The Morgan fingerprint density at radius 3 is 2.53 bits per heavy atom. The van der Waals surface area contributed by atoms with Gasteiger partial charge in [0.15, 0.2) is 0 Å². The van der Waals surface area contributed by atoms with E-state index in [4.69, 9.17) is 14.6 Å². The van der Waals surface area contributed by atoms with Crippen LogP contribution in [0.15, 0.2) is 0 Å². The maximum atomic E-state index is 12.2. The van der Waals surface area contributed by atoms with E-state index in [-0.39, 0.29) is 24.7 Å². The predicted octanol–water partition coefficient (Wildman–Crippen LogP) is -0.437.